The summed E-state index contributed by atoms with van der Waals surface area (Å²) in [7, 11) is 3.13. The third kappa shape index (κ3) is 4.61. The number of nitrogens with one attached hydrogen (secondary N) is 1. The molecule has 1 amide bonds. The van der Waals surface area contributed by atoms with E-state index in [4.69, 9.17) is 4.74 Å². The second kappa shape index (κ2) is 8.73. The standard InChI is InChI=1S/C19H30N4O4/c1-21-16(12-17(24)22(2)19(21)26)23-9-3-4-15(13-23)18(25)20-8-5-14-6-10-27-11-7-14/h12,14-15H,3-11,13H2,1-2H3,(H,20,25). The van der Waals surface area contributed by atoms with E-state index in [1.165, 1.54) is 17.7 Å². The average molecular weight is 378 g/mol. The lowest BCUT2D eigenvalue weighted by Crippen LogP contribution is -2.46. The summed E-state index contributed by atoms with van der Waals surface area (Å²) in [6.45, 7) is 3.62. The molecule has 27 heavy (non-hydrogen) atoms. The number of hydrogen-bond acceptors (Lipinski definition) is 5. The fraction of sp³-hybridized carbons (Fsp3) is 0.737. The molecule has 3 heterocycles. The van der Waals surface area contributed by atoms with Gasteiger partial charge in [0, 0.05) is 53.0 Å². The van der Waals surface area contributed by atoms with E-state index < -0.39 is 0 Å². The Balaban J connectivity index is 1.58. The SMILES string of the molecule is Cn1c(N2CCCC(C(=O)NCCC3CCOCC3)C2)cc(=O)n(C)c1=O. The summed E-state index contributed by atoms with van der Waals surface area (Å²) in [5.74, 6) is 1.17. The van der Waals surface area contributed by atoms with Crippen LogP contribution in [-0.2, 0) is 23.6 Å². The van der Waals surface area contributed by atoms with Crippen LogP contribution >= 0.6 is 0 Å². The van der Waals surface area contributed by atoms with Gasteiger partial charge in [-0.25, -0.2) is 4.79 Å². The first kappa shape index (κ1) is 19.7. The monoisotopic (exact) mass is 378 g/mol. The Morgan fingerprint density at radius 2 is 1.93 bits per heavy atom. The van der Waals surface area contributed by atoms with E-state index in [2.05, 4.69) is 5.32 Å². The van der Waals surface area contributed by atoms with Gasteiger partial charge in [-0.3, -0.25) is 18.7 Å². The smallest absolute Gasteiger partial charge is 0.332 e. The molecule has 150 valence electrons. The fourth-order valence-electron chi connectivity index (χ4n) is 4.00. The summed E-state index contributed by atoms with van der Waals surface area (Å²) < 4.78 is 7.94. The van der Waals surface area contributed by atoms with E-state index >= 15 is 0 Å². The first-order valence-corrected chi connectivity index (χ1v) is 9.85. The molecule has 0 spiro atoms. The zero-order valence-electron chi connectivity index (χ0n) is 16.3. The first-order valence-electron chi connectivity index (χ1n) is 9.85. The van der Waals surface area contributed by atoms with Crippen LogP contribution < -0.4 is 21.5 Å². The predicted molar refractivity (Wildman–Crippen MR) is 103 cm³/mol. The van der Waals surface area contributed by atoms with Gasteiger partial charge in [-0.05, 0) is 38.0 Å². The quantitative estimate of drug-likeness (QED) is 0.793. The summed E-state index contributed by atoms with van der Waals surface area (Å²) >= 11 is 0. The Kier molecular flexibility index (Phi) is 6.36. The fourth-order valence-corrected chi connectivity index (χ4v) is 4.00. The molecule has 1 unspecified atom stereocenters. The molecule has 1 aromatic rings. The maximum Gasteiger partial charge on any atom is 0.332 e. The van der Waals surface area contributed by atoms with Crippen LogP contribution in [0.25, 0.3) is 0 Å². The minimum absolute atomic E-state index is 0.0700. The van der Waals surface area contributed by atoms with Crippen LogP contribution in [0.2, 0.25) is 0 Å². The van der Waals surface area contributed by atoms with Crippen molar-refractivity contribution in [3.8, 4) is 0 Å². The van der Waals surface area contributed by atoms with Crippen molar-refractivity contribution in [2.24, 2.45) is 25.9 Å². The summed E-state index contributed by atoms with van der Waals surface area (Å²) in [5.41, 5.74) is -0.670. The summed E-state index contributed by atoms with van der Waals surface area (Å²) in [6, 6.07) is 1.48. The molecule has 1 atom stereocenters. The van der Waals surface area contributed by atoms with Gasteiger partial charge >= 0.3 is 5.69 Å². The van der Waals surface area contributed by atoms with Gasteiger partial charge < -0.3 is 15.0 Å². The van der Waals surface area contributed by atoms with Crippen molar-refractivity contribution >= 4 is 11.7 Å². The molecule has 0 radical (unpaired) electrons. The van der Waals surface area contributed by atoms with Crippen LogP contribution in [0.1, 0.15) is 32.1 Å². The number of rotatable bonds is 5. The molecule has 0 aliphatic carbocycles. The summed E-state index contributed by atoms with van der Waals surface area (Å²) in [4.78, 5) is 38.7. The highest BCUT2D eigenvalue weighted by Gasteiger charge is 2.27. The lowest BCUT2D eigenvalue weighted by atomic mass is 9.95. The second-order valence-electron chi connectivity index (χ2n) is 7.66. The zero-order chi connectivity index (χ0) is 19.4. The van der Waals surface area contributed by atoms with E-state index in [1.807, 2.05) is 4.90 Å². The lowest BCUT2D eigenvalue weighted by molar-refractivity contribution is -0.125. The van der Waals surface area contributed by atoms with E-state index in [9.17, 15) is 14.4 Å². The number of anilines is 1. The van der Waals surface area contributed by atoms with Gasteiger partial charge in [0.15, 0.2) is 0 Å². The molecule has 1 aromatic heterocycles. The number of aromatic nitrogens is 2. The summed E-state index contributed by atoms with van der Waals surface area (Å²) in [6.07, 6.45) is 4.84. The second-order valence-corrected chi connectivity index (χ2v) is 7.66. The van der Waals surface area contributed by atoms with Crippen molar-refractivity contribution in [1.29, 1.82) is 0 Å². The molecule has 2 aliphatic rings. The molecule has 2 saturated heterocycles. The number of ether oxygens (including phenoxy) is 1. The Bertz CT molecular complexity index is 779. The van der Waals surface area contributed by atoms with Crippen LogP contribution in [-0.4, -0.2) is 47.9 Å². The zero-order valence-corrected chi connectivity index (χ0v) is 16.3. The topological polar surface area (TPSA) is 85.6 Å². The minimum atomic E-state index is -0.347. The number of hydrogen-bond donors (Lipinski definition) is 1. The van der Waals surface area contributed by atoms with Gasteiger partial charge in [0.1, 0.15) is 5.82 Å². The lowest BCUT2D eigenvalue weighted by Gasteiger charge is -2.34. The largest absolute Gasteiger partial charge is 0.381 e. The van der Waals surface area contributed by atoms with Crippen LogP contribution in [0.3, 0.4) is 0 Å². The number of carbonyl (C=O) groups is 1. The van der Waals surface area contributed by atoms with Crippen LogP contribution in [0.15, 0.2) is 15.7 Å². The van der Waals surface area contributed by atoms with Crippen molar-refractivity contribution in [3.63, 3.8) is 0 Å². The van der Waals surface area contributed by atoms with Crippen molar-refractivity contribution in [2.75, 3.05) is 37.7 Å². The number of amides is 1. The maximum atomic E-state index is 12.6. The van der Waals surface area contributed by atoms with Crippen molar-refractivity contribution in [3.05, 3.63) is 26.9 Å². The van der Waals surface area contributed by atoms with Crippen LogP contribution in [0.5, 0.6) is 0 Å². The predicted octanol–water partition coefficient (Wildman–Crippen LogP) is 0.233. The van der Waals surface area contributed by atoms with Crippen LogP contribution in [0, 0.1) is 11.8 Å². The Labute approximate surface area is 159 Å². The number of carbonyl (C=O) groups excluding carboxylic acids is 1. The normalized spacial score (nSPS) is 21.3. The van der Waals surface area contributed by atoms with Crippen LogP contribution in [0.4, 0.5) is 5.82 Å². The molecule has 1 N–H and O–H groups in total. The van der Waals surface area contributed by atoms with Crippen molar-refractivity contribution in [1.82, 2.24) is 14.5 Å². The Morgan fingerprint density at radius 1 is 1.19 bits per heavy atom. The van der Waals surface area contributed by atoms with Gasteiger partial charge in [0.2, 0.25) is 5.91 Å². The maximum absolute atomic E-state index is 12.6. The molecule has 2 fully saturated rings. The van der Waals surface area contributed by atoms with Gasteiger partial charge in [0.25, 0.3) is 5.56 Å². The molecule has 2 aliphatic heterocycles. The molecule has 0 bridgehead atoms. The molecule has 0 saturated carbocycles. The van der Waals surface area contributed by atoms with E-state index in [-0.39, 0.29) is 23.1 Å². The molecule has 8 heteroatoms. The highest BCUT2D eigenvalue weighted by Crippen LogP contribution is 2.22. The van der Waals surface area contributed by atoms with Gasteiger partial charge in [0.05, 0.1) is 5.92 Å². The van der Waals surface area contributed by atoms with Crippen molar-refractivity contribution in [2.45, 2.75) is 32.1 Å². The Hall–Kier alpha value is -2.09. The highest BCUT2D eigenvalue weighted by molar-refractivity contribution is 5.79. The number of piperidine rings is 1. The molecule has 3 rings (SSSR count). The van der Waals surface area contributed by atoms with Gasteiger partial charge in [-0.2, -0.15) is 0 Å². The molecule has 8 nitrogen and oxygen atoms in total. The average Bonchev–Trinajstić information content (AvgIpc) is 2.70. The van der Waals surface area contributed by atoms with E-state index in [1.54, 1.807) is 7.05 Å². The summed E-state index contributed by atoms with van der Waals surface area (Å²) in [5, 5.41) is 3.08. The third-order valence-corrected chi connectivity index (χ3v) is 5.81. The highest BCUT2D eigenvalue weighted by atomic mass is 16.5. The molecule has 0 aromatic carbocycles. The van der Waals surface area contributed by atoms with E-state index in [0.717, 1.165) is 56.4 Å². The van der Waals surface area contributed by atoms with E-state index in [0.29, 0.717) is 24.8 Å². The Morgan fingerprint density at radius 3 is 2.67 bits per heavy atom. The van der Waals surface area contributed by atoms with Gasteiger partial charge in [-0.15, -0.1) is 0 Å². The molecular formula is C19H30N4O4. The third-order valence-electron chi connectivity index (χ3n) is 5.81. The van der Waals surface area contributed by atoms with Crippen molar-refractivity contribution < 1.29 is 9.53 Å². The minimum Gasteiger partial charge on any atom is -0.381 e. The number of nitrogens with zero attached hydrogens (tertiary/aromatic N) is 3. The first-order chi connectivity index (χ1) is 13.0. The van der Waals surface area contributed by atoms with Gasteiger partial charge in [-0.1, -0.05) is 0 Å². The molecular weight excluding hydrogens is 348 g/mol.